The highest BCUT2D eigenvalue weighted by Crippen LogP contribution is 2.16. The number of alkyl halides is 2. The summed E-state index contributed by atoms with van der Waals surface area (Å²) >= 11 is 0. The molecule has 1 fully saturated rings. The maximum atomic E-state index is 12.0. The minimum Gasteiger partial charge on any atom is -0.435 e. The Balaban J connectivity index is 0.00000162. The van der Waals surface area contributed by atoms with E-state index in [1.165, 1.54) is 0 Å². The van der Waals surface area contributed by atoms with Gasteiger partial charge >= 0.3 is 6.61 Å². The highest BCUT2D eigenvalue weighted by molar-refractivity contribution is 5.85. The van der Waals surface area contributed by atoms with Gasteiger partial charge in [0, 0.05) is 32.7 Å². The summed E-state index contributed by atoms with van der Waals surface area (Å²) in [4.78, 5) is 2.33. The molecule has 0 unspecified atom stereocenters. The second-order valence-corrected chi connectivity index (χ2v) is 4.05. The van der Waals surface area contributed by atoms with Crippen LogP contribution in [0.5, 0.6) is 5.75 Å². The van der Waals surface area contributed by atoms with Gasteiger partial charge in [0.1, 0.15) is 5.75 Å². The molecular formula is C12H17ClF2N2O. The van der Waals surface area contributed by atoms with Crippen LogP contribution in [0.1, 0.15) is 5.56 Å². The summed E-state index contributed by atoms with van der Waals surface area (Å²) in [6, 6.07) is 6.84. The molecule has 0 aromatic heterocycles. The van der Waals surface area contributed by atoms with Gasteiger partial charge in [-0.3, -0.25) is 4.90 Å². The zero-order valence-corrected chi connectivity index (χ0v) is 10.8. The van der Waals surface area contributed by atoms with E-state index in [4.69, 9.17) is 0 Å². The number of benzene rings is 1. The molecule has 3 nitrogen and oxygen atoms in total. The Labute approximate surface area is 112 Å². The van der Waals surface area contributed by atoms with Gasteiger partial charge in [0.05, 0.1) is 0 Å². The summed E-state index contributed by atoms with van der Waals surface area (Å²) in [5.74, 6) is 0.212. The average Bonchev–Trinajstić information content (AvgIpc) is 2.32. The van der Waals surface area contributed by atoms with Crippen LogP contribution >= 0.6 is 12.4 Å². The van der Waals surface area contributed by atoms with Gasteiger partial charge in [-0.05, 0) is 17.7 Å². The van der Waals surface area contributed by atoms with Crippen LogP contribution in [0.2, 0.25) is 0 Å². The number of piperazine rings is 1. The second kappa shape index (κ2) is 7.51. The van der Waals surface area contributed by atoms with Crippen LogP contribution < -0.4 is 10.1 Å². The van der Waals surface area contributed by atoms with E-state index in [-0.39, 0.29) is 18.2 Å². The number of nitrogens with zero attached hydrogens (tertiary/aromatic N) is 1. The lowest BCUT2D eigenvalue weighted by Gasteiger charge is -2.27. The predicted molar refractivity (Wildman–Crippen MR) is 68.5 cm³/mol. The van der Waals surface area contributed by atoms with Crippen molar-refractivity contribution in [3.8, 4) is 5.75 Å². The van der Waals surface area contributed by atoms with Gasteiger partial charge in [-0.2, -0.15) is 8.78 Å². The fourth-order valence-electron chi connectivity index (χ4n) is 1.90. The van der Waals surface area contributed by atoms with E-state index in [9.17, 15) is 8.78 Å². The number of rotatable bonds is 4. The molecule has 0 spiro atoms. The number of ether oxygens (including phenoxy) is 1. The van der Waals surface area contributed by atoms with Crippen LogP contribution in [0.4, 0.5) is 8.78 Å². The van der Waals surface area contributed by atoms with Gasteiger partial charge in [-0.15, -0.1) is 12.4 Å². The van der Waals surface area contributed by atoms with Crippen molar-refractivity contribution in [3.63, 3.8) is 0 Å². The molecule has 2 rings (SSSR count). The second-order valence-electron chi connectivity index (χ2n) is 4.05. The summed E-state index contributed by atoms with van der Waals surface area (Å²) < 4.78 is 28.2. The number of hydrogen-bond donors (Lipinski definition) is 1. The molecule has 1 heterocycles. The molecule has 102 valence electrons. The summed E-state index contributed by atoms with van der Waals surface area (Å²) in [6.45, 7) is 2.16. The summed E-state index contributed by atoms with van der Waals surface area (Å²) in [7, 11) is 0. The van der Waals surface area contributed by atoms with Gasteiger partial charge in [-0.1, -0.05) is 12.1 Å². The first-order valence-electron chi connectivity index (χ1n) is 5.71. The monoisotopic (exact) mass is 278 g/mol. The molecule has 6 heteroatoms. The van der Waals surface area contributed by atoms with Gasteiger partial charge in [0.25, 0.3) is 0 Å². The Kier molecular flexibility index (Phi) is 6.32. The van der Waals surface area contributed by atoms with Crippen molar-refractivity contribution in [1.82, 2.24) is 10.2 Å². The van der Waals surface area contributed by atoms with E-state index in [0.29, 0.717) is 0 Å². The van der Waals surface area contributed by atoms with Crippen molar-refractivity contribution in [2.45, 2.75) is 13.2 Å². The van der Waals surface area contributed by atoms with Gasteiger partial charge in [0.15, 0.2) is 0 Å². The quantitative estimate of drug-likeness (QED) is 0.913. The lowest BCUT2D eigenvalue weighted by molar-refractivity contribution is -0.0498. The highest BCUT2D eigenvalue weighted by Gasteiger charge is 2.10. The third kappa shape index (κ3) is 4.76. The van der Waals surface area contributed by atoms with Crippen LogP contribution in [-0.4, -0.2) is 37.7 Å². The Morgan fingerprint density at radius 3 is 2.33 bits per heavy atom. The van der Waals surface area contributed by atoms with Crippen LogP contribution in [0.15, 0.2) is 24.3 Å². The average molecular weight is 279 g/mol. The molecule has 0 aliphatic carbocycles. The lowest BCUT2D eigenvalue weighted by atomic mass is 10.2. The third-order valence-electron chi connectivity index (χ3n) is 2.76. The molecule has 18 heavy (non-hydrogen) atoms. The van der Waals surface area contributed by atoms with Crippen molar-refractivity contribution in [2.24, 2.45) is 0 Å². The Bertz CT molecular complexity index is 342. The molecule has 1 aromatic carbocycles. The standard InChI is InChI=1S/C12H16F2N2O.ClH/c13-12(14)17-11-3-1-10(2-4-11)9-16-7-5-15-6-8-16;/h1-4,12,15H,5-9H2;1H. The third-order valence-corrected chi connectivity index (χ3v) is 2.76. The van der Waals surface area contributed by atoms with E-state index in [0.717, 1.165) is 38.3 Å². The largest absolute Gasteiger partial charge is 0.435 e. The number of halogens is 3. The summed E-state index contributed by atoms with van der Waals surface area (Å²) in [5.41, 5.74) is 1.12. The Morgan fingerprint density at radius 2 is 1.78 bits per heavy atom. The van der Waals surface area contributed by atoms with Gasteiger partial charge in [0.2, 0.25) is 0 Å². The maximum absolute atomic E-state index is 12.0. The SMILES string of the molecule is Cl.FC(F)Oc1ccc(CN2CCNCC2)cc1. The van der Waals surface area contributed by atoms with Crippen molar-refractivity contribution in [1.29, 1.82) is 0 Å². The van der Waals surface area contributed by atoms with E-state index >= 15 is 0 Å². The molecule has 1 saturated heterocycles. The molecule has 1 aromatic rings. The number of hydrogen-bond acceptors (Lipinski definition) is 3. The van der Waals surface area contributed by atoms with Crippen LogP contribution in [0, 0.1) is 0 Å². The molecule has 1 aliphatic rings. The molecule has 1 N–H and O–H groups in total. The maximum Gasteiger partial charge on any atom is 0.387 e. The first-order valence-corrected chi connectivity index (χ1v) is 5.71. The molecule has 0 saturated carbocycles. The van der Waals surface area contributed by atoms with Crippen molar-refractivity contribution in [3.05, 3.63) is 29.8 Å². The van der Waals surface area contributed by atoms with E-state index in [1.807, 2.05) is 12.1 Å². The van der Waals surface area contributed by atoms with Crippen LogP contribution in [0.3, 0.4) is 0 Å². The van der Waals surface area contributed by atoms with E-state index in [1.54, 1.807) is 12.1 Å². The molecule has 0 bridgehead atoms. The molecule has 0 atom stereocenters. The van der Waals surface area contributed by atoms with Gasteiger partial charge in [-0.25, -0.2) is 0 Å². The Morgan fingerprint density at radius 1 is 1.17 bits per heavy atom. The minimum atomic E-state index is -2.76. The summed E-state index contributed by atoms with van der Waals surface area (Å²) in [6.07, 6.45) is 0. The lowest BCUT2D eigenvalue weighted by Crippen LogP contribution is -2.42. The van der Waals surface area contributed by atoms with E-state index < -0.39 is 6.61 Å². The smallest absolute Gasteiger partial charge is 0.387 e. The summed E-state index contributed by atoms with van der Waals surface area (Å²) in [5, 5.41) is 3.29. The van der Waals surface area contributed by atoms with Crippen molar-refractivity contribution < 1.29 is 13.5 Å². The van der Waals surface area contributed by atoms with E-state index in [2.05, 4.69) is 15.0 Å². The fourth-order valence-corrected chi connectivity index (χ4v) is 1.90. The molecule has 0 radical (unpaired) electrons. The Hall–Kier alpha value is -0.910. The number of nitrogens with one attached hydrogen (secondary N) is 1. The van der Waals surface area contributed by atoms with Gasteiger partial charge < -0.3 is 10.1 Å². The topological polar surface area (TPSA) is 24.5 Å². The minimum absolute atomic E-state index is 0. The fraction of sp³-hybridized carbons (Fsp3) is 0.500. The van der Waals surface area contributed by atoms with Crippen LogP contribution in [-0.2, 0) is 6.54 Å². The zero-order chi connectivity index (χ0) is 12.1. The highest BCUT2D eigenvalue weighted by atomic mass is 35.5. The molecular weight excluding hydrogens is 262 g/mol. The van der Waals surface area contributed by atoms with Crippen molar-refractivity contribution >= 4 is 12.4 Å². The first-order chi connectivity index (χ1) is 8.24. The zero-order valence-electron chi connectivity index (χ0n) is 9.94. The molecule has 1 aliphatic heterocycles. The normalized spacial score (nSPS) is 16.4. The molecule has 0 amide bonds. The predicted octanol–water partition coefficient (Wildman–Crippen LogP) is 2.12. The first kappa shape index (κ1) is 15.1. The van der Waals surface area contributed by atoms with Crippen molar-refractivity contribution in [2.75, 3.05) is 26.2 Å². The van der Waals surface area contributed by atoms with Crippen LogP contribution in [0.25, 0.3) is 0 Å².